The van der Waals surface area contributed by atoms with Gasteiger partial charge in [0.2, 0.25) is 10.0 Å². The van der Waals surface area contributed by atoms with Crippen molar-refractivity contribution in [2.24, 2.45) is 5.92 Å². The van der Waals surface area contributed by atoms with E-state index in [1.165, 1.54) is 29.8 Å². The number of anilines is 4. The molecule has 35 heavy (non-hydrogen) atoms. The zero-order valence-corrected chi connectivity index (χ0v) is 22.5. The van der Waals surface area contributed by atoms with E-state index >= 15 is 0 Å². The van der Waals surface area contributed by atoms with Gasteiger partial charge >= 0.3 is 0 Å². The van der Waals surface area contributed by atoms with Gasteiger partial charge in [-0.1, -0.05) is 37.5 Å². The number of aromatic nitrogens is 1. The molecule has 0 saturated heterocycles. The van der Waals surface area contributed by atoms with Crippen LogP contribution in [0.2, 0.25) is 0 Å². The van der Waals surface area contributed by atoms with Crippen molar-refractivity contribution >= 4 is 57.6 Å². The van der Waals surface area contributed by atoms with Crippen molar-refractivity contribution in [3.05, 3.63) is 73.1 Å². The first-order valence-electron chi connectivity index (χ1n) is 11.4. The quantitative estimate of drug-likeness (QED) is 0.318. The van der Waals surface area contributed by atoms with E-state index in [1.54, 1.807) is 24.5 Å². The Labute approximate surface area is 221 Å². The molecule has 0 bridgehead atoms. The Kier molecular flexibility index (Phi) is 10.7. The van der Waals surface area contributed by atoms with E-state index < -0.39 is 10.0 Å². The molecule has 1 aromatic heterocycles. The van der Waals surface area contributed by atoms with E-state index in [0.29, 0.717) is 29.6 Å². The predicted molar refractivity (Wildman–Crippen MR) is 149 cm³/mol. The van der Waals surface area contributed by atoms with Gasteiger partial charge in [0.15, 0.2) is 0 Å². The summed E-state index contributed by atoms with van der Waals surface area (Å²) in [5.41, 5.74) is 2.90. The summed E-state index contributed by atoms with van der Waals surface area (Å²) in [4.78, 5) is 6.09. The van der Waals surface area contributed by atoms with Crippen LogP contribution in [0.1, 0.15) is 32.1 Å². The molecule has 1 saturated carbocycles. The minimum absolute atomic E-state index is 0. The molecule has 0 atom stereocenters. The predicted octanol–water partition coefficient (Wildman–Crippen LogP) is 6.75. The van der Waals surface area contributed by atoms with Crippen LogP contribution in [0.15, 0.2) is 73.1 Å². The van der Waals surface area contributed by atoms with Crippen molar-refractivity contribution in [1.82, 2.24) is 4.98 Å². The smallest absolute Gasteiger partial charge is 0.236 e. The van der Waals surface area contributed by atoms with Crippen LogP contribution in [-0.2, 0) is 10.0 Å². The summed E-state index contributed by atoms with van der Waals surface area (Å²) in [5, 5.41) is 0. The fourth-order valence-electron chi connectivity index (χ4n) is 4.35. The second kappa shape index (κ2) is 13.0. The maximum atomic E-state index is 13.0. The van der Waals surface area contributed by atoms with E-state index in [0.717, 1.165) is 24.2 Å². The maximum absolute atomic E-state index is 13.0. The average molecular weight is 539 g/mol. The summed E-state index contributed by atoms with van der Waals surface area (Å²) >= 11 is 0. The molecule has 0 spiro atoms. The van der Waals surface area contributed by atoms with Crippen LogP contribution in [0.5, 0.6) is 5.75 Å². The number of rotatable bonds is 8. The van der Waals surface area contributed by atoms with Crippen LogP contribution < -0.4 is 13.9 Å². The van der Waals surface area contributed by atoms with E-state index in [9.17, 15) is 8.42 Å². The third-order valence-corrected chi connectivity index (χ3v) is 7.19. The van der Waals surface area contributed by atoms with Crippen LogP contribution in [0, 0.1) is 5.92 Å². The van der Waals surface area contributed by atoms with Crippen molar-refractivity contribution < 1.29 is 13.2 Å². The lowest BCUT2D eigenvalue weighted by atomic mass is 9.90. The number of sulfonamides is 1. The van der Waals surface area contributed by atoms with Gasteiger partial charge in [-0.25, -0.2) is 12.7 Å². The molecule has 0 N–H and O–H groups in total. The lowest BCUT2D eigenvalue weighted by Crippen LogP contribution is -2.26. The molecule has 0 aliphatic heterocycles. The minimum atomic E-state index is -3.62. The van der Waals surface area contributed by atoms with Gasteiger partial charge in [0.25, 0.3) is 0 Å². The molecule has 1 aliphatic carbocycles. The molecule has 190 valence electrons. The van der Waals surface area contributed by atoms with E-state index in [-0.39, 0.29) is 24.8 Å². The summed E-state index contributed by atoms with van der Waals surface area (Å²) < 4.78 is 33.6. The van der Waals surface area contributed by atoms with E-state index in [2.05, 4.69) is 4.98 Å². The Morgan fingerprint density at radius 3 is 2.17 bits per heavy atom. The van der Waals surface area contributed by atoms with Gasteiger partial charge in [0.05, 0.1) is 18.6 Å². The average Bonchev–Trinajstić information content (AvgIpc) is 2.84. The number of ether oxygens (including phenoxy) is 1. The lowest BCUT2D eigenvalue weighted by molar-refractivity contribution is 0.209. The van der Waals surface area contributed by atoms with E-state index in [4.69, 9.17) is 4.74 Å². The van der Waals surface area contributed by atoms with Crippen LogP contribution in [0.4, 0.5) is 22.7 Å². The van der Waals surface area contributed by atoms with Crippen LogP contribution in [0.3, 0.4) is 0 Å². The first-order chi connectivity index (χ1) is 15.9. The van der Waals surface area contributed by atoms with Gasteiger partial charge in [-0.15, -0.1) is 24.8 Å². The van der Waals surface area contributed by atoms with Gasteiger partial charge < -0.3 is 9.64 Å². The van der Waals surface area contributed by atoms with Crippen LogP contribution in [0.25, 0.3) is 0 Å². The van der Waals surface area contributed by atoms with Crippen LogP contribution >= 0.6 is 24.8 Å². The SMILES string of the molecule is CN(c1ccncc1)c1ccc(OCC2CCCCC2)c(N(c2ccccc2)S(C)(=O)=O)c1.Cl.Cl. The molecule has 1 aliphatic rings. The Morgan fingerprint density at radius 1 is 0.886 bits per heavy atom. The third-order valence-electron chi connectivity index (χ3n) is 6.12. The molecular formula is C26H33Cl2N3O3S. The summed E-state index contributed by atoms with van der Waals surface area (Å²) in [7, 11) is -1.67. The van der Waals surface area contributed by atoms with Gasteiger partial charge in [-0.2, -0.15) is 0 Å². The number of benzene rings is 2. The van der Waals surface area contributed by atoms with Crippen molar-refractivity contribution in [3.63, 3.8) is 0 Å². The lowest BCUT2D eigenvalue weighted by Gasteiger charge is -2.28. The summed E-state index contributed by atoms with van der Waals surface area (Å²) in [6.07, 6.45) is 10.8. The minimum Gasteiger partial charge on any atom is -0.491 e. The van der Waals surface area contributed by atoms with Crippen molar-refractivity contribution in [2.45, 2.75) is 32.1 Å². The molecule has 0 unspecified atom stereocenters. The number of para-hydroxylation sites is 1. The van der Waals surface area contributed by atoms with Gasteiger partial charge in [0, 0.05) is 30.8 Å². The van der Waals surface area contributed by atoms with Crippen molar-refractivity contribution in [2.75, 3.05) is 29.1 Å². The Balaban J connectivity index is 0.00000216. The zero-order valence-electron chi connectivity index (χ0n) is 20.0. The number of nitrogens with zero attached hydrogens (tertiary/aromatic N) is 3. The summed E-state index contributed by atoms with van der Waals surface area (Å²) in [6.45, 7) is 0.596. The number of halogens is 2. The number of hydrogen-bond donors (Lipinski definition) is 0. The molecule has 4 rings (SSSR count). The maximum Gasteiger partial charge on any atom is 0.236 e. The van der Waals surface area contributed by atoms with Gasteiger partial charge in [-0.05, 0) is 61.2 Å². The topological polar surface area (TPSA) is 62.7 Å². The highest BCUT2D eigenvalue weighted by Crippen LogP contribution is 2.40. The van der Waals surface area contributed by atoms with Gasteiger partial charge in [0.1, 0.15) is 11.4 Å². The fourth-order valence-corrected chi connectivity index (χ4v) is 5.35. The fraction of sp³-hybridized carbons (Fsp3) is 0.346. The molecule has 2 aromatic carbocycles. The zero-order chi connectivity index (χ0) is 23.3. The Hall–Kier alpha value is -2.48. The largest absolute Gasteiger partial charge is 0.491 e. The highest BCUT2D eigenvalue weighted by atomic mass is 35.5. The Morgan fingerprint density at radius 2 is 1.54 bits per heavy atom. The Bertz CT molecular complexity index is 1160. The third kappa shape index (κ3) is 7.26. The molecule has 3 aromatic rings. The molecule has 6 nitrogen and oxygen atoms in total. The number of hydrogen-bond acceptors (Lipinski definition) is 5. The van der Waals surface area contributed by atoms with E-state index in [1.807, 2.05) is 60.5 Å². The monoisotopic (exact) mass is 537 g/mol. The molecule has 1 heterocycles. The first kappa shape index (κ1) is 28.8. The van der Waals surface area contributed by atoms with Crippen molar-refractivity contribution in [1.29, 1.82) is 0 Å². The van der Waals surface area contributed by atoms with Crippen LogP contribution in [-0.4, -0.2) is 33.3 Å². The summed E-state index contributed by atoms with van der Waals surface area (Å²) in [6, 6.07) is 18.7. The highest BCUT2D eigenvalue weighted by molar-refractivity contribution is 7.92. The molecule has 9 heteroatoms. The van der Waals surface area contributed by atoms with Gasteiger partial charge in [-0.3, -0.25) is 4.98 Å². The summed E-state index contributed by atoms with van der Waals surface area (Å²) in [5.74, 6) is 1.08. The molecular weight excluding hydrogens is 505 g/mol. The normalized spacial score (nSPS) is 13.8. The standard InChI is InChI=1S/C26H31N3O3S.2ClH/c1-28(22-15-17-27-18-16-22)24-13-14-26(32-20-21-9-5-3-6-10-21)25(19-24)29(33(2,30)31)23-11-7-4-8-12-23;;/h4,7-8,11-19,21H,3,5-6,9-10,20H2,1-2H3;2*1H. The highest BCUT2D eigenvalue weighted by Gasteiger charge is 2.25. The van der Waals surface area contributed by atoms with Crippen molar-refractivity contribution in [3.8, 4) is 5.75 Å². The molecule has 0 radical (unpaired) electrons. The number of pyridine rings is 1. The molecule has 1 fully saturated rings. The second-order valence-corrected chi connectivity index (χ2v) is 10.4. The molecule has 0 amide bonds. The first-order valence-corrected chi connectivity index (χ1v) is 13.2. The second-order valence-electron chi connectivity index (χ2n) is 8.59.